The van der Waals surface area contributed by atoms with Gasteiger partial charge in [0.1, 0.15) is 5.75 Å². The second-order valence-electron chi connectivity index (χ2n) is 9.68. The van der Waals surface area contributed by atoms with Crippen LogP contribution in [0.15, 0.2) is 42.5 Å². The van der Waals surface area contributed by atoms with E-state index in [-0.39, 0.29) is 29.3 Å². The number of hydrogen-bond donors (Lipinski definition) is 1. The fourth-order valence-electron chi connectivity index (χ4n) is 3.02. The summed E-state index contributed by atoms with van der Waals surface area (Å²) in [4.78, 5) is 25.6. The van der Waals surface area contributed by atoms with E-state index in [0.717, 1.165) is 11.3 Å². The average Bonchev–Trinajstić information content (AvgIpc) is 2.64. The number of rotatable bonds is 5. The molecular formula is C25H34N2O3. The van der Waals surface area contributed by atoms with Gasteiger partial charge in [-0.3, -0.25) is 9.59 Å². The monoisotopic (exact) mass is 410 g/mol. The minimum Gasteiger partial charge on any atom is -0.483 e. The number of hydrogen-bond acceptors (Lipinski definition) is 3. The summed E-state index contributed by atoms with van der Waals surface area (Å²) < 4.78 is 5.90. The molecule has 5 nitrogen and oxygen atoms in total. The molecule has 2 aromatic carbocycles. The topological polar surface area (TPSA) is 58.6 Å². The van der Waals surface area contributed by atoms with Crippen LogP contribution in [0.4, 0.5) is 11.4 Å². The van der Waals surface area contributed by atoms with Gasteiger partial charge in [0.05, 0.1) is 0 Å². The molecule has 0 bridgehead atoms. The maximum atomic E-state index is 12.5. The van der Waals surface area contributed by atoms with Crippen LogP contribution >= 0.6 is 0 Å². The van der Waals surface area contributed by atoms with Crippen molar-refractivity contribution in [3.8, 4) is 5.75 Å². The Labute approximate surface area is 180 Å². The molecule has 162 valence electrons. The van der Waals surface area contributed by atoms with Crippen molar-refractivity contribution in [2.24, 2.45) is 0 Å². The lowest BCUT2D eigenvalue weighted by atomic mass is 9.80. The molecule has 0 radical (unpaired) electrons. The lowest BCUT2D eigenvalue weighted by Gasteiger charge is -2.27. The molecular weight excluding hydrogens is 376 g/mol. The maximum Gasteiger partial charge on any atom is 0.262 e. The molecule has 0 saturated carbocycles. The van der Waals surface area contributed by atoms with E-state index < -0.39 is 0 Å². The van der Waals surface area contributed by atoms with Crippen LogP contribution in [-0.4, -0.2) is 25.5 Å². The number of nitrogens with zero attached hydrogens (tertiary/aromatic N) is 1. The van der Waals surface area contributed by atoms with Crippen molar-refractivity contribution in [2.45, 2.75) is 59.3 Å². The van der Waals surface area contributed by atoms with E-state index in [1.165, 1.54) is 17.4 Å². The molecule has 2 aromatic rings. The van der Waals surface area contributed by atoms with Gasteiger partial charge in [-0.05, 0) is 46.2 Å². The first-order valence-corrected chi connectivity index (χ1v) is 10.2. The zero-order valence-electron chi connectivity index (χ0n) is 19.4. The van der Waals surface area contributed by atoms with Gasteiger partial charge in [-0.2, -0.15) is 0 Å². The van der Waals surface area contributed by atoms with E-state index in [9.17, 15) is 9.59 Å². The maximum absolute atomic E-state index is 12.5. The number of nitrogens with one attached hydrogen (secondary N) is 1. The third-order valence-electron chi connectivity index (χ3n) is 5.00. The molecule has 5 heteroatoms. The highest BCUT2D eigenvalue weighted by molar-refractivity contribution is 5.94. The first-order chi connectivity index (χ1) is 13.8. The minimum absolute atomic E-state index is 0.0357. The number of benzene rings is 2. The van der Waals surface area contributed by atoms with E-state index in [1.54, 1.807) is 25.2 Å². The molecule has 0 atom stereocenters. The number of carbonyl (C=O) groups is 2. The van der Waals surface area contributed by atoms with Crippen LogP contribution in [0.5, 0.6) is 5.75 Å². The average molecular weight is 411 g/mol. The van der Waals surface area contributed by atoms with Crippen molar-refractivity contribution in [3.05, 3.63) is 53.6 Å². The molecule has 0 aliphatic rings. The normalized spacial score (nSPS) is 11.7. The van der Waals surface area contributed by atoms with Gasteiger partial charge in [-0.1, -0.05) is 59.7 Å². The summed E-state index contributed by atoms with van der Waals surface area (Å²) in [5.74, 6) is 0.392. The molecule has 0 aliphatic carbocycles. The second kappa shape index (κ2) is 8.90. The smallest absolute Gasteiger partial charge is 0.262 e. The summed E-state index contributed by atoms with van der Waals surface area (Å²) in [6.45, 7) is 14.4. The molecule has 0 aromatic heterocycles. The van der Waals surface area contributed by atoms with Crippen molar-refractivity contribution in [1.29, 1.82) is 0 Å². The Bertz CT molecular complexity index is 921. The van der Waals surface area contributed by atoms with Gasteiger partial charge in [-0.25, -0.2) is 0 Å². The highest BCUT2D eigenvalue weighted by atomic mass is 16.5. The summed E-state index contributed by atoms with van der Waals surface area (Å²) in [7, 11) is 1.70. The predicted octanol–water partition coefficient (Wildman–Crippen LogP) is 5.28. The van der Waals surface area contributed by atoms with Crippen LogP contribution in [-0.2, 0) is 20.4 Å². The van der Waals surface area contributed by atoms with E-state index in [4.69, 9.17) is 4.74 Å². The SMILES string of the molecule is CC(=O)N(C)c1cccc(NC(=O)COc2ccc(C(C)(C)C)cc2C(C)(C)C)c1. The zero-order valence-corrected chi connectivity index (χ0v) is 19.4. The first-order valence-electron chi connectivity index (χ1n) is 10.2. The summed E-state index contributed by atoms with van der Waals surface area (Å²) in [6.07, 6.45) is 0. The third-order valence-corrected chi connectivity index (χ3v) is 5.00. The molecule has 0 fully saturated rings. The molecule has 30 heavy (non-hydrogen) atoms. The van der Waals surface area contributed by atoms with Crippen LogP contribution in [0.3, 0.4) is 0 Å². The number of amides is 2. The minimum atomic E-state index is -0.252. The largest absolute Gasteiger partial charge is 0.483 e. The Kier molecular flexibility index (Phi) is 6.96. The number of ether oxygens (including phenoxy) is 1. The van der Waals surface area contributed by atoms with E-state index in [0.29, 0.717) is 11.4 Å². The van der Waals surface area contributed by atoms with Crippen LogP contribution in [0, 0.1) is 0 Å². The molecule has 1 N–H and O–H groups in total. The van der Waals surface area contributed by atoms with Crippen LogP contribution in [0.2, 0.25) is 0 Å². The molecule has 0 aliphatic heterocycles. The molecule has 2 rings (SSSR count). The second-order valence-corrected chi connectivity index (χ2v) is 9.68. The fraction of sp³-hybridized carbons (Fsp3) is 0.440. The number of anilines is 2. The van der Waals surface area contributed by atoms with E-state index >= 15 is 0 Å². The number of carbonyl (C=O) groups excluding carboxylic acids is 2. The van der Waals surface area contributed by atoms with Crippen LogP contribution in [0.1, 0.15) is 59.6 Å². The van der Waals surface area contributed by atoms with Gasteiger partial charge in [0.2, 0.25) is 5.91 Å². The van der Waals surface area contributed by atoms with Crippen LogP contribution < -0.4 is 15.0 Å². The Morgan fingerprint density at radius 1 is 0.967 bits per heavy atom. The Morgan fingerprint density at radius 2 is 1.63 bits per heavy atom. The van der Waals surface area contributed by atoms with Crippen molar-refractivity contribution in [1.82, 2.24) is 0 Å². The van der Waals surface area contributed by atoms with Gasteiger partial charge in [0.25, 0.3) is 5.91 Å². The Hall–Kier alpha value is -2.82. The molecule has 0 saturated heterocycles. The zero-order chi connectivity index (χ0) is 22.7. The highest BCUT2D eigenvalue weighted by Crippen LogP contribution is 2.35. The summed E-state index contributed by atoms with van der Waals surface area (Å²) in [6, 6.07) is 13.4. The summed E-state index contributed by atoms with van der Waals surface area (Å²) in [5, 5.41) is 2.84. The van der Waals surface area contributed by atoms with Crippen LogP contribution in [0.25, 0.3) is 0 Å². The van der Waals surface area contributed by atoms with Crippen molar-refractivity contribution in [2.75, 3.05) is 23.9 Å². The first kappa shape index (κ1) is 23.5. The predicted molar refractivity (Wildman–Crippen MR) is 123 cm³/mol. The quantitative estimate of drug-likeness (QED) is 0.729. The third kappa shape index (κ3) is 6.09. The van der Waals surface area contributed by atoms with Crippen molar-refractivity contribution >= 4 is 23.2 Å². The van der Waals surface area contributed by atoms with E-state index in [1.807, 2.05) is 12.1 Å². The lowest BCUT2D eigenvalue weighted by Crippen LogP contribution is -2.24. The van der Waals surface area contributed by atoms with Gasteiger partial charge < -0.3 is 15.0 Å². The van der Waals surface area contributed by atoms with Gasteiger partial charge in [0, 0.05) is 25.3 Å². The molecule has 0 heterocycles. The Morgan fingerprint density at radius 3 is 2.20 bits per heavy atom. The highest BCUT2D eigenvalue weighted by Gasteiger charge is 2.23. The fourth-order valence-corrected chi connectivity index (χ4v) is 3.02. The van der Waals surface area contributed by atoms with Gasteiger partial charge in [0.15, 0.2) is 6.61 Å². The molecule has 0 spiro atoms. The summed E-state index contributed by atoms with van der Waals surface area (Å²) in [5.41, 5.74) is 3.57. The van der Waals surface area contributed by atoms with Crippen molar-refractivity contribution < 1.29 is 14.3 Å². The summed E-state index contributed by atoms with van der Waals surface area (Å²) >= 11 is 0. The molecule has 0 unspecified atom stereocenters. The van der Waals surface area contributed by atoms with Crippen molar-refractivity contribution in [3.63, 3.8) is 0 Å². The van der Waals surface area contributed by atoms with Gasteiger partial charge in [-0.15, -0.1) is 0 Å². The van der Waals surface area contributed by atoms with E-state index in [2.05, 4.69) is 59.0 Å². The standard InChI is InChI=1S/C25H34N2O3/c1-17(28)27(8)20-11-9-10-19(15-20)26-23(29)16-30-22-13-12-18(24(2,3)4)14-21(22)25(5,6)7/h9-15H,16H2,1-8H3,(H,26,29). The Balaban J connectivity index is 2.13. The molecule has 2 amide bonds. The van der Waals surface area contributed by atoms with Gasteiger partial charge >= 0.3 is 0 Å². The lowest BCUT2D eigenvalue weighted by molar-refractivity contribution is -0.118.